The van der Waals surface area contributed by atoms with Crippen molar-refractivity contribution in [3.63, 3.8) is 0 Å². The number of ether oxygens (including phenoxy) is 2. The Morgan fingerprint density at radius 3 is 2.89 bits per heavy atom. The Hall–Kier alpha value is -1.17. The molecular formula is C13H21N3O2. The van der Waals surface area contributed by atoms with E-state index in [0.29, 0.717) is 24.6 Å². The van der Waals surface area contributed by atoms with Crippen molar-refractivity contribution in [3.8, 4) is 0 Å². The monoisotopic (exact) mass is 251 g/mol. The summed E-state index contributed by atoms with van der Waals surface area (Å²) < 4.78 is 11.3. The van der Waals surface area contributed by atoms with Crippen LogP contribution in [0.15, 0.2) is 18.3 Å². The molecule has 0 bridgehead atoms. The lowest BCUT2D eigenvalue weighted by molar-refractivity contribution is -0.0364. The van der Waals surface area contributed by atoms with E-state index < -0.39 is 0 Å². The van der Waals surface area contributed by atoms with Gasteiger partial charge >= 0.3 is 0 Å². The van der Waals surface area contributed by atoms with Gasteiger partial charge in [0.25, 0.3) is 0 Å². The first-order chi connectivity index (χ1) is 8.81. The smallest absolute Gasteiger partial charge is 0.139 e. The van der Waals surface area contributed by atoms with Crippen molar-refractivity contribution >= 4 is 5.82 Å². The van der Waals surface area contributed by atoms with E-state index in [1.165, 1.54) is 6.42 Å². The maximum absolute atomic E-state index is 5.90. The number of nitrogens with two attached hydrogens (primary N) is 1. The second-order valence-corrected chi connectivity index (χ2v) is 4.65. The van der Waals surface area contributed by atoms with Gasteiger partial charge in [-0.2, -0.15) is 0 Å². The summed E-state index contributed by atoms with van der Waals surface area (Å²) in [6.07, 6.45) is 6.88. The molecule has 18 heavy (non-hydrogen) atoms. The van der Waals surface area contributed by atoms with Gasteiger partial charge in [-0.1, -0.05) is 6.07 Å². The minimum Gasteiger partial charge on any atom is -0.381 e. The Balaban J connectivity index is 1.79. The maximum atomic E-state index is 5.90. The van der Waals surface area contributed by atoms with E-state index in [1.807, 2.05) is 12.1 Å². The number of nitrogens with zero attached hydrogens (tertiary/aromatic N) is 1. The molecule has 1 heterocycles. The van der Waals surface area contributed by atoms with E-state index in [4.69, 9.17) is 15.3 Å². The molecule has 0 radical (unpaired) electrons. The van der Waals surface area contributed by atoms with E-state index in [9.17, 15) is 0 Å². The van der Waals surface area contributed by atoms with Gasteiger partial charge in [0.05, 0.1) is 18.8 Å². The zero-order chi connectivity index (χ0) is 12.8. The summed E-state index contributed by atoms with van der Waals surface area (Å²) >= 11 is 0. The molecule has 1 aromatic heterocycles. The largest absolute Gasteiger partial charge is 0.381 e. The summed E-state index contributed by atoms with van der Waals surface area (Å²) in [5, 5.41) is 0. The lowest BCUT2D eigenvalue weighted by Gasteiger charge is -2.28. The van der Waals surface area contributed by atoms with Crippen molar-refractivity contribution in [2.45, 2.75) is 44.5 Å². The molecule has 100 valence electrons. The lowest BCUT2D eigenvalue weighted by Crippen LogP contribution is -2.27. The van der Waals surface area contributed by atoms with Crippen LogP contribution in [0.25, 0.3) is 0 Å². The van der Waals surface area contributed by atoms with Crippen LogP contribution in [0.2, 0.25) is 0 Å². The van der Waals surface area contributed by atoms with E-state index in [1.54, 1.807) is 13.3 Å². The van der Waals surface area contributed by atoms with Crippen molar-refractivity contribution in [3.05, 3.63) is 23.9 Å². The fourth-order valence-electron chi connectivity index (χ4n) is 2.28. The minimum absolute atomic E-state index is 0.302. The zero-order valence-corrected chi connectivity index (χ0v) is 10.8. The molecule has 0 aliphatic heterocycles. The molecule has 1 aliphatic carbocycles. The van der Waals surface area contributed by atoms with Gasteiger partial charge in [-0.15, -0.1) is 0 Å². The molecule has 2 unspecified atom stereocenters. The molecular weight excluding hydrogens is 230 g/mol. The maximum Gasteiger partial charge on any atom is 0.139 e. The van der Waals surface area contributed by atoms with Crippen LogP contribution in [0, 0.1) is 0 Å². The van der Waals surface area contributed by atoms with Crippen LogP contribution < -0.4 is 11.3 Å². The second kappa shape index (κ2) is 6.68. The second-order valence-electron chi connectivity index (χ2n) is 4.65. The quantitative estimate of drug-likeness (QED) is 0.617. The summed E-state index contributed by atoms with van der Waals surface area (Å²) in [7, 11) is 1.77. The minimum atomic E-state index is 0.302. The van der Waals surface area contributed by atoms with Crippen LogP contribution in [-0.2, 0) is 16.1 Å². The molecule has 0 amide bonds. The highest BCUT2D eigenvalue weighted by Crippen LogP contribution is 2.23. The molecule has 1 saturated carbocycles. The Bertz CT molecular complexity index is 356. The SMILES string of the molecule is COC1CCCC(OCc2ccc(NN)nc2)C1. The molecule has 5 heteroatoms. The van der Waals surface area contributed by atoms with Crippen molar-refractivity contribution in [2.75, 3.05) is 12.5 Å². The Kier molecular flexibility index (Phi) is 4.92. The molecule has 5 nitrogen and oxygen atoms in total. The van der Waals surface area contributed by atoms with Crippen molar-refractivity contribution in [2.24, 2.45) is 5.84 Å². The summed E-state index contributed by atoms with van der Waals surface area (Å²) in [6, 6.07) is 3.82. The Morgan fingerprint density at radius 1 is 1.39 bits per heavy atom. The van der Waals surface area contributed by atoms with E-state index >= 15 is 0 Å². The van der Waals surface area contributed by atoms with Crippen LogP contribution in [0.3, 0.4) is 0 Å². The van der Waals surface area contributed by atoms with E-state index in [-0.39, 0.29) is 0 Å². The van der Waals surface area contributed by atoms with Crippen LogP contribution >= 0.6 is 0 Å². The van der Waals surface area contributed by atoms with Crippen molar-refractivity contribution < 1.29 is 9.47 Å². The van der Waals surface area contributed by atoms with Crippen LogP contribution in [-0.4, -0.2) is 24.3 Å². The van der Waals surface area contributed by atoms with Crippen molar-refractivity contribution in [1.29, 1.82) is 0 Å². The van der Waals surface area contributed by atoms with Gasteiger partial charge < -0.3 is 14.9 Å². The fraction of sp³-hybridized carbons (Fsp3) is 0.615. The number of hydrazine groups is 1. The predicted octanol–water partition coefficient (Wildman–Crippen LogP) is 1.84. The number of anilines is 1. The Morgan fingerprint density at radius 2 is 2.22 bits per heavy atom. The van der Waals surface area contributed by atoms with Crippen LogP contribution in [0.5, 0.6) is 0 Å². The number of aromatic nitrogens is 1. The van der Waals surface area contributed by atoms with Crippen molar-refractivity contribution in [1.82, 2.24) is 4.98 Å². The third-order valence-corrected chi connectivity index (χ3v) is 3.37. The lowest BCUT2D eigenvalue weighted by atomic mass is 9.95. The molecule has 2 atom stereocenters. The molecule has 0 aromatic carbocycles. The highest BCUT2D eigenvalue weighted by molar-refractivity contribution is 5.33. The highest BCUT2D eigenvalue weighted by atomic mass is 16.5. The molecule has 1 aromatic rings. The number of methoxy groups -OCH3 is 1. The van der Waals surface area contributed by atoms with Gasteiger partial charge in [-0.3, -0.25) is 0 Å². The molecule has 1 fully saturated rings. The first kappa shape index (κ1) is 13.3. The number of hydrogen-bond acceptors (Lipinski definition) is 5. The topological polar surface area (TPSA) is 69.4 Å². The van der Waals surface area contributed by atoms with Gasteiger partial charge in [0.1, 0.15) is 5.82 Å². The average molecular weight is 251 g/mol. The van der Waals surface area contributed by atoms with Gasteiger partial charge in [-0.05, 0) is 37.3 Å². The first-order valence-corrected chi connectivity index (χ1v) is 6.37. The third-order valence-electron chi connectivity index (χ3n) is 3.37. The Labute approximate surface area is 108 Å². The van der Waals surface area contributed by atoms with Crippen LogP contribution in [0.1, 0.15) is 31.2 Å². The predicted molar refractivity (Wildman–Crippen MR) is 69.9 cm³/mol. The fourth-order valence-corrected chi connectivity index (χ4v) is 2.28. The number of nitrogens with one attached hydrogen (secondary N) is 1. The highest BCUT2D eigenvalue weighted by Gasteiger charge is 2.22. The third kappa shape index (κ3) is 3.66. The molecule has 1 aliphatic rings. The van der Waals surface area contributed by atoms with Crippen LogP contribution in [0.4, 0.5) is 5.82 Å². The van der Waals surface area contributed by atoms with E-state index in [2.05, 4.69) is 10.4 Å². The number of hydrogen-bond donors (Lipinski definition) is 2. The molecule has 3 N–H and O–H groups in total. The normalized spacial score (nSPS) is 23.9. The summed E-state index contributed by atoms with van der Waals surface area (Å²) in [4.78, 5) is 4.15. The number of pyridine rings is 1. The van der Waals surface area contributed by atoms with Gasteiger partial charge in [0.2, 0.25) is 0 Å². The molecule has 0 spiro atoms. The summed E-state index contributed by atoms with van der Waals surface area (Å²) in [5.41, 5.74) is 3.57. The summed E-state index contributed by atoms with van der Waals surface area (Å²) in [6.45, 7) is 0.596. The zero-order valence-electron chi connectivity index (χ0n) is 10.8. The summed E-state index contributed by atoms with van der Waals surface area (Å²) in [5.74, 6) is 5.93. The first-order valence-electron chi connectivity index (χ1n) is 6.37. The van der Waals surface area contributed by atoms with Gasteiger partial charge in [0, 0.05) is 13.3 Å². The number of rotatable bonds is 5. The van der Waals surface area contributed by atoms with E-state index in [0.717, 1.165) is 24.8 Å². The molecule has 2 rings (SSSR count). The number of nitrogen functional groups attached to an aromatic ring is 1. The van der Waals surface area contributed by atoms with Gasteiger partial charge in [-0.25, -0.2) is 10.8 Å². The van der Waals surface area contributed by atoms with Gasteiger partial charge in [0.15, 0.2) is 0 Å². The standard InChI is InChI=1S/C13H21N3O2/c1-17-11-3-2-4-12(7-11)18-9-10-5-6-13(16-14)15-8-10/h5-6,8,11-12H,2-4,7,9,14H2,1H3,(H,15,16). The molecule has 0 saturated heterocycles. The average Bonchev–Trinajstić information content (AvgIpc) is 2.46.